The molecule has 1 aliphatic heterocycles. The fraction of sp³-hybridized carbons (Fsp3) is 0.381. The Morgan fingerprint density at radius 1 is 1.10 bits per heavy atom. The first-order valence-corrected chi connectivity index (χ1v) is 10.7. The number of likely N-dealkylation sites (N-methyl/N-ethyl adjacent to an activating group) is 1. The molecule has 162 valence electrons. The van der Waals surface area contributed by atoms with Crippen molar-refractivity contribution in [3.8, 4) is 0 Å². The van der Waals surface area contributed by atoms with Crippen LogP contribution in [-0.4, -0.2) is 48.9 Å². The van der Waals surface area contributed by atoms with Crippen molar-refractivity contribution in [2.45, 2.75) is 19.3 Å². The molecule has 3 rings (SSSR count). The molecule has 0 bridgehead atoms. The van der Waals surface area contributed by atoms with Crippen molar-refractivity contribution in [2.24, 2.45) is 5.73 Å². The second-order valence-electron chi connectivity index (χ2n) is 7.41. The second-order valence-corrected chi connectivity index (χ2v) is 8.58. The molecule has 3 N–H and O–H groups in total. The highest BCUT2D eigenvalue weighted by Crippen LogP contribution is 2.33. The fourth-order valence-corrected chi connectivity index (χ4v) is 4.10. The molecule has 0 unspecified atom stereocenters. The summed E-state index contributed by atoms with van der Waals surface area (Å²) >= 11 is 2.11. The molecule has 0 saturated carbocycles. The minimum atomic E-state index is -4.53. The van der Waals surface area contributed by atoms with Crippen LogP contribution in [0.2, 0.25) is 0 Å². The number of nitrogens with one attached hydrogen (secondary N) is 1. The highest BCUT2D eigenvalue weighted by molar-refractivity contribution is 14.1. The van der Waals surface area contributed by atoms with Crippen LogP contribution in [0.5, 0.6) is 0 Å². The minimum absolute atomic E-state index is 0.0256. The third-order valence-electron chi connectivity index (χ3n) is 5.20. The van der Waals surface area contributed by atoms with Crippen molar-refractivity contribution in [3.63, 3.8) is 0 Å². The summed E-state index contributed by atoms with van der Waals surface area (Å²) in [6.07, 6.45) is -4.53. The smallest absolute Gasteiger partial charge is 0.326 e. The first-order valence-electron chi connectivity index (χ1n) is 9.58. The molecule has 0 aliphatic carbocycles. The normalized spacial score (nSPS) is 15.9. The van der Waals surface area contributed by atoms with Crippen LogP contribution in [0.25, 0.3) is 0 Å². The number of alkyl halides is 3. The number of piperazine rings is 1. The first kappa shape index (κ1) is 23.0. The van der Waals surface area contributed by atoms with E-state index in [4.69, 9.17) is 5.73 Å². The zero-order chi connectivity index (χ0) is 21.9. The number of nitrogens with two attached hydrogens (primary N) is 1. The molecule has 1 aliphatic rings. The fourth-order valence-electron chi connectivity index (χ4n) is 3.36. The van der Waals surface area contributed by atoms with Gasteiger partial charge in [0, 0.05) is 54.1 Å². The molecule has 30 heavy (non-hydrogen) atoms. The predicted octanol–water partition coefficient (Wildman–Crippen LogP) is 3.77. The summed E-state index contributed by atoms with van der Waals surface area (Å²) in [5.41, 5.74) is 6.47. The molecule has 1 fully saturated rings. The molecule has 1 amide bonds. The average Bonchev–Trinajstić information content (AvgIpc) is 2.69. The molecule has 2 aromatic rings. The number of carbonyl (C=O) groups excluding carboxylic acids is 1. The molecular weight excluding hydrogens is 508 g/mol. The van der Waals surface area contributed by atoms with Gasteiger partial charge in [-0.3, -0.25) is 9.69 Å². The first-order chi connectivity index (χ1) is 14.2. The van der Waals surface area contributed by atoms with Gasteiger partial charge >= 0.3 is 6.18 Å². The van der Waals surface area contributed by atoms with Crippen molar-refractivity contribution in [1.29, 1.82) is 0 Å². The van der Waals surface area contributed by atoms with Gasteiger partial charge in [-0.1, -0.05) is 12.1 Å². The Hall–Kier alpha value is -1.69. The van der Waals surface area contributed by atoms with E-state index in [0.29, 0.717) is 25.3 Å². The zero-order valence-electron chi connectivity index (χ0n) is 16.6. The Balaban J connectivity index is 1.80. The number of halogens is 4. The summed E-state index contributed by atoms with van der Waals surface area (Å²) in [7, 11) is 2.00. The summed E-state index contributed by atoms with van der Waals surface area (Å²) in [6, 6.07) is 9.03. The van der Waals surface area contributed by atoms with E-state index in [-0.39, 0.29) is 17.7 Å². The van der Waals surface area contributed by atoms with Gasteiger partial charge < -0.3 is 16.0 Å². The van der Waals surface area contributed by atoms with Crippen molar-refractivity contribution in [2.75, 3.05) is 38.5 Å². The molecule has 0 aromatic heterocycles. The third kappa shape index (κ3) is 5.71. The highest BCUT2D eigenvalue weighted by atomic mass is 127. The molecule has 1 heterocycles. The van der Waals surface area contributed by atoms with Crippen LogP contribution in [0.1, 0.15) is 27.0 Å². The molecule has 2 aromatic carbocycles. The summed E-state index contributed by atoms with van der Waals surface area (Å²) in [4.78, 5) is 16.7. The van der Waals surface area contributed by atoms with Gasteiger partial charge in [-0.05, 0) is 65.0 Å². The number of nitrogens with zero attached hydrogens (tertiary/aromatic N) is 2. The van der Waals surface area contributed by atoms with Crippen LogP contribution in [0.4, 0.5) is 18.9 Å². The number of hydrogen-bond acceptors (Lipinski definition) is 4. The number of anilines is 1. The predicted molar refractivity (Wildman–Crippen MR) is 119 cm³/mol. The van der Waals surface area contributed by atoms with Crippen LogP contribution < -0.4 is 11.1 Å². The van der Waals surface area contributed by atoms with Gasteiger partial charge in [0.1, 0.15) is 0 Å². The number of amides is 1. The Kier molecular flexibility index (Phi) is 7.38. The Morgan fingerprint density at radius 3 is 2.37 bits per heavy atom. The van der Waals surface area contributed by atoms with Gasteiger partial charge in [-0.15, -0.1) is 0 Å². The lowest BCUT2D eigenvalue weighted by molar-refractivity contribution is -0.138. The summed E-state index contributed by atoms with van der Waals surface area (Å²) in [5.74, 6) is -0.581. The Morgan fingerprint density at radius 2 is 1.77 bits per heavy atom. The van der Waals surface area contributed by atoms with Gasteiger partial charge in [0.15, 0.2) is 0 Å². The van der Waals surface area contributed by atoms with Crippen LogP contribution in [-0.2, 0) is 19.3 Å². The highest BCUT2D eigenvalue weighted by Gasteiger charge is 2.34. The molecule has 0 spiro atoms. The van der Waals surface area contributed by atoms with E-state index in [1.54, 1.807) is 18.2 Å². The van der Waals surface area contributed by atoms with E-state index in [1.165, 1.54) is 12.1 Å². The summed E-state index contributed by atoms with van der Waals surface area (Å²) in [5, 5.41) is 2.67. The number of benzene rings is 2. The Labute approximate surface area is 187 Å². The largest absolute Gasteiger partial charge is 0.416 e. The molecule has 9 heteroatoms. The SMILES string of the molecule is CN1CCN(Cc2ccc(C(=O)Nc3ccc(CN)c(I)c3)cc2C(F)(F)F)CC1. The lowest BCUT2D eigenvalue weighted by Gasteiger charge is -2.33. The van der Waals surface area contributed by atoms with Crippen LogP contribution in [0, 0.1) is 3.57 Å². The van der Waals surface area contributed by atoms with Crippen molar-refractivity contribution in [3.05, 3.63) is 62.2 Å². The van der Waals surface area contributed by atoms with Crippen molar-refractivity contribution >= 4 is 34.2 Å². The summed E-state index contributed by atoms with van der Waals surface area (Å²) < 4.78 is 42.0. The topological polar surface area (TPSA) is 61.6 Å². The molecule has 0 atom stereocenters. The van der Waals surface area contributed by atoms with Gasteiger partial charge in [-0.25, -0.2) is 0 Å². The lowest BCUT2D eigenvalue weighted by atomic mass is 10.0. The van der Waals surface area contributed by atoms with Crippen LogP contribution in [0.15, 0.2) is 36.4 Å². The van der Waals surface area contributed by atoms with E-state index < -0.39 is 17.6 Å². The zero-order valence-corrected chi connectivity index (χ0v) is 18.8. The standard InChI is InChI=1S/C21H24F3IN4O/c1-28-6-8-29(9-7-28)13-16-3-2-14(10-18(16)21(22,23)24)20(30)27-17-5-4-15(12-26)19(25)11-17/h2-5,10-11H,6-9,12-13,26H2,1H3,(H,27,30). The van der Waals surface area contributed by atoms with Gasteiger partial charge in [0.25, 0.3) is 5.91 Å². The molecule has 1 saturated heterocycles. The monoisotopic (exact) mass is 532 g/mol. The van der Waals surface area contributed by atoms with Gasteiger partial charge in [0.2, 0.25) is 0 Å². The van der Waals surface area contributed by atoms with Crippen molar-refractivity contribution < 1.29 is 18.0 Å². The molecular formula is C21H24F3IN4O. The second kappa shape index (κ2) is 9.63. The van der Waals surface area contributed by atoms with Gasteiger partial charge in [0.05, 0.1) is 5.56 Å². The number of carbonyl (C=O) groups is 1. The van der Waals surface area contributed by atoms with Crippen molar-refractivity contribution in [1.82, 2.24) is 9.80 Å². The third-order valence-corrected chi connectivity index (χ3v) is 6.20. The minimum Gasteiger partial charge on any atom is -0.326 e. The molecule has 5 nitrogen and oxygen atoms in total. The summed E-state index contributed by atoms with van der Waals surface area (Å²) in [6.45, 7) is 3.66. The number of hydrogen-bond donors (Lipinski definition) is 2. The van der Waals surface area contributed by atoms with E-state index in [9.17, 15) is 18.0 Å². The Bertz CT molecular complexity index is 912. The maximum Gasteiger partial charge on any atom is 0.416 e. The number of rotatable bonds is 5. The lowest BCUT2D eigenvalue weighted by Crippen LogP contribution is -2.44. The van der Waals surface area contributed by atoms with E-state index >= 15 is 0 Å². The maximum absolute atomic E-state index is 13.7. The maximum atomic E-state index is 13.7. The van der Waals surface area contributed by atoms with Crippen LogP contribution in [0.3, 0.4) is 0 Å². The average molecular weight is 532 g/mol. The van der Waals surface area contributed by atoms with Gasteiger partial charge in [-0.2, -0.15) is 13.2 Å². The van der Waals surface area contributed by atoms with Crippen LogP contribution >= 0.6 is 22.6 Å². The quantitative estimate of drug-likeness (QED) is 0.576. The molecule has 0 radical (unpaired) electrons. The van der Waals surface area contributed by atoms with E-state index in [0.717, 1.165) is 28.3 Å². The van der Waals surface area contributed by atoms with E-state index in [2.05, 4.69) is 32.8 Å². The van der Waals surface area contributed by atoms with E-state index in [1.807, 2.05) is 11.9 Å².